The SMILES string of the molecule is O=C(NCCO)N1CCC(C2=CC=C(C(O)(C(F)(F)F)C(F)(F)F)CC2)(S(=O)(=O)C2=CC=CCC2)C1. The predicted octanol–water partition coefficient (Wildman–Crippen LogP) is 3.28. The molecule has 202 valence electrons. The molecule has 3 aliphatic rings. The molecule has 7 nitrogen and oxygen atoms in total. The fourth-order valence-corrected chi connectivity index (χ4v) is 7.13. The maximum absolute atomic E-state index is 13.8. The predicted molar refractivity (Wildman–Crippen MR) is 117 cm³/mol. The largest absolute Gasteiger partial charge is 0.430 e. The first kappa shape index (κ1) is 28.3. The summed E-state index contributed by atoms with van der Waals surface area (Å²) in [7, 11) is -4.19. The summed E-state index contributed by atoms with van der Waals surface area (Å²) >= 11 is 0. The molecule has 0 aromatic carbocycles. The van der Waals surface area contributed by atoms with Crippen molar-refractivity contribution in [1.82, 2.24) is 10.2 Å². The minimum Gasteiger partial charge on any atom is -0.395 e. The van der Waals surface area contributed by atoms with Gasteiger partial charge in [0.2, 0.25) is 0 Å². The van der Waals surface area contributed by atoms with Crippen LogP contribution in [0.4, 0.5) is 31.1 Å². The Morgan fingerprint density at radius 3 is 2.22 bits per heavy atom. The molecule has 36 heavy (non-hydrogen) atoms. The number of alkyl halides is 6. The summed E-state index contributed by atoms with van der Waals surface area (Å²) in [5, 5.41) is 21.1. The van der Waals surface area contributed by atoms with E-state index in [1.807, 2.05) is 0 Å². The highest BCUT2D eigenvalue weighted by Gasteiger charge is 2.72. The molecule has 0 radical (unpaired) electrons. The van der Waals surface area contributed by atoms with E-state index in [0.717, 1.165) is 6.08 Å². The number of nitrogens with zero attached hydrogens (tertiary/aromatic N) is 1. The Morgan fingerprint density at radius 1 is 1.06 bits per heavy atom. The van der Waals surface area contributed by atoms with Crippen LogP contribution < -0.4 is 5.32 Å². The van der Waals surface area contributed by atoms with Crippen molar-refractivity contribution in [1.29, 1.82) is 0 Å². The third-order valence-corrected chi connectivity index (χ3v) is 9.42. The van der Waals surface area contributed by atoms with E-state index in [4.69, 9.17) is 5.11 Å². The molecular formula is C22H26F6N2O5S. The minimum absolute atomic E-state index is 0.0391. The van der Waals surface area contributed by atoms with Crippen molar-refractivity contribution >= 4 is 15.9 Å². The highest BCUT2D eigenvalue weighted by atomic mass is 32.2. The van der Waals surface area contributed by atoms with Crippen molar-refractivity contribution in [3.63, 3.8) is 0 Å². The van der Waals surface area contributed by atoms with Crippen LogP contribution in [0, 0.1) is 0 Å². The fraction of sp³-hybridized carbons (Fsp3) is 0.591. The van der Waals surface area contributed by atoms with Gasteiger partial charge in [-0.15, -0.1) is 0 Å². The number of likely N-dealkylation sites (tertiary alicyclic amines) is 1. The number of allylic oxidation sites excluding steroid dienone is 6. The number of carbonyl (C=O) groups is 1. The van der Waals surface area contributed by atoms with E-state index in [1.165, 1.54) is 11.0 Å². The van der Waals surface area contributed by atoms with Gasteiger partial charge in [0.1, 0.15) is 4.75 Å². The highest BCUT2D eigenvalue weighted by molar-refractivity contribution is 7.96. The number of aliphatic hydroxyl groups excluding tert-OH is 1. The second-order valence-corrected chi connectivity index (χ2v) is 11.1. The van der Waals surface area contributed by atoms with E-state index >= 15 is 0 Å². The minimum atomic E-state index is -6.04. The van der Waals surface area contributed by atoms with Crippen molar-refractivity contribution in [3.8, 4) is 0 Å². The van der Waals surface area contributed by atoms with Crippen LogP contribution in [0.15, 0.2) is 46.4 Å². The third-order valence-electron chi connectivity index (χ3n) is 6.76. The summed E-state index contributed by atoms with van der Waals surface area (Å²) in [6.07, 6.45) is -6.92. The van der Waals surface area contributed by atoms with Gasteiger partial charge in [-0.25, -0.2) is 13.2 Å². The Morgan fingerprint density at radius 2 is 1.72 bits per heavy atom. The normalized spacial score (nSPS) is 23.8. The van der Waals surface area contributed by atoms with Gasteiger partial charge in [0.15, 0.2) is 9.84 Å². The second-order valence-electron chi connectivity index (χ2n) is 8.81. The molecule has 1 fully saturated rings. The number of urea groups is 1. The lowest BCUT2D eigenvalue weighted by Gasteiger charge is -2.38. The first-order valence-corrected chi connectivity index (χ1v) is 12.6. The molecule has 1 aliphatic heterocycles. The molecule has 3 rings (SSSR count). The maximum Gasteiger partial charge on any atom is 0.430 e. The Kier molecular flexibility index (Phi) is 7.74. The topological polar surface area (TPSA) is 107 Å². The number of sulfone groups is 1. The van der Waals surface area contributed by atoms with Gasteiger partial charge in [-0.2, -0.15) is 26.3 Å². The zero-order valence-electron chi connectivity index (χ0n) is 19.0. The van der Waals surface area contributed by atoms with Crippen molar-refractivity contribution in [2.75, 3.05) is 26.2 Å². The first-order valence-electron chi connectivity index (χ1n) is 11.1. The second kappa shape index (κ2) is 9.86. The molecule has 1 unspecified atom stereocenters. The average Bonchev–Trinajstić information content (AvgIpc) is 3.29. The van der Waals surface area contributed by atoms with E-state index in [1.54, 1.807) is 12.2 Å². The van der Waals surface area contributed by atoms with Crippen molar-refractivity contribution in [2.45, 2.75) is 54.8 Å². The van der Waals surface area contributed by atoms with Crippen LogP contribution in [0.2, 0.25) is 0 Å². The summed E-state index contributed by atoms with van der Waals surface area (Å²) in [4.78, 5) is 13.7. The number of rotatable bonds is 6. The van der Waals surface area contributed by atoms with Crippen LogP contribution in [0.25, 0.3) is 0 Å². The van der Waals surface area contributed by atoms with Gasteiger partial charge in [-0.05, 0) is 49.3 Å². The Hall–Kier alpha value is -2.32. The van der Waals surface area contributed by atoms with E-state index in [2.05, 4.69) is 5.32 Å². The molecule has 0 spiro atoms. The molecule has 1 saturated heterocycles. The number of amides is 2. The van der Waals surface area contributed by atoms with Crippen molar-refractivity contribution < 1.29 is 49.8 Å². The number of hydrogen-bond acceptors (Lipinski definition) is 5. The lowest BCUT2D eigenvalue weighted by Crippen LogP contribution is -2.58. The quantitative estimate of drug-likeness (QED) is 0.445. The standard InChI is InChI=1S/C22H26F6N2O5S/c23-21(24,25)20(33,22(26,27)28)16-8-6-15(7-9-16)19(36(34,35)17-4-2-1-3-5-17)10-12-30(14-19)18(32)29-11-13-31/h1-2,4,6,8,31,33H,3,5,7,9-14H2,(H,29,32). The van der Waals surface area contributed by atoms with Crippen LogP contribution in [-0.2, 0) is 9.84 Å². The molecule has 2 aliphatic carbocycles. The zero-order valence-corrected chi connectivity index (χ0v) is 19.8. The smallest absolute Gasteiger partial charge is 0.395 e. The van der Waals surface area contributed by atoms with E-state index < -0.39 is 57.0 Å². The number of nitrogens with one attached hydrogen (secondary N) is 1. The highest BCUT2D eigenvalue weighted by Crippen LogP contribution is 2.51. The van der Waals surface area contributed by atoms with Crippen LogP contribution in [-0.4, -0.2) is 78.5 Å². The molecule has 2 amide bonds. The lowest BCUT2D eigenvalue weighted by molar-refractivity contribution is -0.352. The monoisotopic (exact) mass is 544 g/mol. The van der Waals surface area contributed by atoms with E-state index in [0.29, 0.717) is 12.5 Å². The molecule has 0 aromatic heterocycles. The van der Waals surface area contributed by atoms with Crippen molar-refractivity contribution in [3.05, 3.63) is 46.4 Å². The Bertz CT molecular complexity index is 1090. The van der Waals surface area contributed by atoms with Gasteiger partial charge in [-0.3, -0.25) is 0 Å². The van der Waals surface area contributed by atoms with Crippen LogP contribution in [0.5, 0.6) is 0 Å². The fourth-order valence-electron chi connectivity index (χ4n) is 4.78. The zero-order chi connectivity index (χ0) is 27.0. The summed E-state index contributed by atoms with van der Waals surface area (Å²) in [5.41, 5.74) is -6.35. The summed E-state index contributed by atoms with van der Waals surface area (Å²) in [6, 6.07) is -0.658. The number of carbonyl (C=O) groups excluding carboxylic acids is 1. The molecule has 0 bridgehead atoms. The number of aliphatic hydroxyl groups is 2. The van der Waals surface area contributed by atoms with E-state index in [9.17, 15) is 44.7 Å². The Labute approximate surface area is 203 Å². The van der Waals surface area contributed by atoms with Gasteiger partial charge in [-0.1, -0.05) is 24.3 Å². The lowest BCUT2D eigenvalue weighted by atomic mass is 9.81. The molecule has 1 heterocycles. The molecule has 3 N–H and O–H groups in total. The summed E-state index contributed by atoms with van der Waals surface area (Å²) in [6.45, 7) is -0.858. The molecular weight excluding hydrogens is 518 g/mol. The number of hydrogen-bond donors (Lipinski definition) is 3. The van der Waals surface area contributed by atoms with Crippen molar-refractivity contribution in [2.24, 2.45) is 0 Å². The first-order chi connectivity index (χ1) is 16.6. The van der Waals surface area contributed by atoms with Gasteiger partial charge in [0.25, 0.3) is 5.60 Å². The third kappa shape index (κ3) is 4.70. The van der Waals surface area contributed by atoms with E-state index in [-0.39, 0.29) is 49.6 Å². The van der Waals surface area contributed by atoms with Gasteiger partial charge < -0.3 is 20.4 Å². The summed E-state index contributed by atoms with van der Waals surface area (Å²) in [5.74, 6) is 0. The Balaban J connectivity index is 2.08. The van der Waals surface area contributed by atoms with Gasteiger partial charge in [0, 0.05) is 24.5 Å². The average molecular weight is 545 g/mol. The van der Waals surface area contributed by atoms with Gasteiger partial charge >= 0.3 is 18.4 Å². The maximum atomic E-state index is 13.8. The van der Waals surface area contributed by atoms with Crippen LogP contribution in [0.3, 0.4) is 0 Å². The number of halogens is 6. The molecule has 1 atom stereocenters. The van der Waals surface area contributed by atoms with Crippen LogP contribution in [0.1, 0.15) is 32.1 Å². The van der Waals surface area contributed by atoms with Gasteiger partial charge in [0.05, 0.1) is 6.61 Å². The summed E-state index contributed by atoms with van der Waals surface area (Å²) < 4.78 is 106. The molecule has 0 saturated carbocycles. The molecule has 0 aromatic rings. The van der Waals surface area contributed by atoms with Crippen LogP contribution >= 0.6 is 0 Å². The molecule has 14 heteroatoms.